The predicted octanol–water partition coefficient (Wildman–Crippen LogP) is 3.09. The number of nitrogens with one attached hydrogen (secondary N) is 1. The Morgan fingerprint density at radius 3 is 2.18 bits per heavy atom. The van der Waals surface area contributed by atoms with E-state index < -0.39 is 9.73 Å². The van der Waals surface area contributed by atoms with Gasteiger partial charge in [0.15, 0.2) is 0 Å². The van der Waals surface area contributed by atoms with Gasteiger partial charge >= 0.3 is 0 Å². The van der Waals surface area contributed by atoms with Gasteiger partial charge in [-0.05, 0) is 23.8 Å². The summed E-state index contributed by atoms with van der Waals surface area (Å²) >= 11 is 0. The van der Waals surface area contributed by atoms with Crippen LogP contribution in [0.1, 0.15) is 0 Å². The van der Waals surface area contributed by atoms with Gasteiger partial charge in [0.25, 0.3) is 0 Å². The summed E-state index contributed by atoms with van der Waals surface area (Å²) in [5.74, 6) is 0.211. The van der Waals surface area contributed by atoms with E-state index in [1.165, 1.54) is 6.26 Å². The van der Waals surface area contributed by atoms with Crippen molar-refractivity contribution in [3.63, 3.8) is 0 Å². The molecule has 2 aromatic rings. The van der Waals surface area contributed by atoms with Crippen molar-refractivity contribution in [2.24, 2.45) is 0 Å². The maximum absolute atomic E-state index is 11.5. The molecule has 0 radical (unpaired) electrons. The third kappa shape index (κ3) is 2.47. The SMILES string of the molecule is CS(=N)(=O)c1ccc(-c2ccccc2O)cc1. The molecule has 0 amide bonds. The van der Waals surface area contributed by atoms with E-state index >= 15 is 0 Å². The summed E-state index contributed by atoms with van der Waals surface area (Å²) in [6.45, 7) is 0. The molecule has 17 heavy (non-hydrogen) atoms. The Kier molecular flexibility index (Phi) is 2.90. The Morgan fingerprint density at radius 2 is 1.65 bits per heavy atom. The molecule has 0 bridgehead atoms. The summed E-state index contributed by atoms with van der Waals surface area (Å²) in [7, 11) is -2.67. The minimum atomic E-state index is -2.67. The predicted molar refractivity (Wildman–Crippen MR) is 68.6 cm³/mol. The lowest BCUT2D eigenvalue weighted by atomic mass is 10.1. The number of para-hydroxylation sites is 1. The minimum absolute atomic E-state index is 0.211. The van der Waals surface area contributed by atoms with Crippen molar-refractivity contribution in [1.29, 1.82) is 4.78 Å². The average molecular weight is 247 g/mol. The van der Waals surface area contributed by atoms with Crippen LogP contribution in [0.15, 0.2) is 53.4 Å². The molecule has 88 valence electrons. The summed E-state index contributed by atoms with van der Waals surface area (Å²) in [5.41, 5.74) is 1.57. The smallest absolute Gasteiger partial charge is 0.123 e. The first kappa shape index (κ1) is 11.7. The second-order valence-corrected chi connectivity index (χ2v) is 6.04. The lowest BCUT2D eigenvalue weighted by molar-refractivity contribution is 0.477. The van der Waals surface area contributed by atoms with Gasteiger partial charge in [0.2, 0.25) is 0 Å². The van der Waals surface area contributed by atoms with Crippen LogP contribution < -0.4 is 0 Å². The summed E-state index contributed by atoms with van der Waals surface area (Å²) < 4.78 is 19.0. The molecule has 0 aromatic heterocycles. The lowest BCUT2D eigenvalue weighted by Gasteiger charge is -2.06. The van der Waals surface area contributed by atoms with Gasteiger partial charge in [-0.2, -0.15) is 0 Å². The second kappa shape index (κ2) is 4.22. The van der Waals surface area contributed by atoms with Crippen molar-refractivity contribution in [3.8, 4) is 16.9 Å². The monoisotopic (exact) mass is 247 g/mol. The molecule has 2 aromatic carbocycles. The molecule has 3 nitrogen and oxygen atoms in total. The average Bonchev–Trinajstić information content (AvgIpc) is 2.29. The van der Waals surface area contributed by atoms with E-state index in [9.17, 15) is 9.32 Å². The van der Waals surface area contributed by atoms with Crippen LogP contribution in [-0.4, -0.2) is 15.6 Å². The molecule has 0 fully saturated rings. The van der Waals surface area contributed by atoms with Gasteiger partial charge in [-0.3, -0.25) is 0 Å². The van der Waals surface area contributed by atoms with Crippen molar-refractivity contribution in [2.75, 3.05) is 6.26 Å². The number of hydrogen-bond acceptors (Lipinski definition) is 3. The molecule has 0 aliphatic heterocycles. The van der Waals surface area contributed by atoms with Crippen LogP contribution in [0.4, 0.5) is 0 Å². The Bertz CT molecular complexity index is 631. The highest BCUT2D eigenvalue weighted by Gasteiger charge is 2.06. The Labute approximate surface area is 101 Å². The Morgan fingerprint density at radius 1 is 1.06 bits per heavy atom. The van der Waals surface area contributed by atoms with E-state index in [1.807, 2.05) is 12.1 Å². The first-order valence-corrected chi connectivity index (χ1v) is 7.07. The maximum Gasteiger partial charge on any atom is 0.123 e. The van der Waals surface area contributed by atoms with Gasteiger partial charge in [0.05, 0.1) is 9.73 Å². The van der Waals surface area contributed by atoms with Crippen molar-refractivity contribution in [1.82, 2.24) is 0 Å². The van der Waals surface area contributed by atoms with Crippen molar-refractivity contribution < 1.29 is 9.32 Å². The molecule has 2 N–H and O–H groups in total. The van der Waals surface area contributed by atoms with Crippen molar-refractivity contribution in [2.45, 2.75) is 4.90 Å². The van der Waals surface area contributed by atoms with E-state index in [1.54, 1.807) is 36.4 Å². The van der Waals surface area contributed by atoms with Crippen LogP contribution in [0.5, 0.6) is 5.75 Å². The Hall–Kier alpha value is -1.81. The number of hydrogen-bond donors (Lipinski definition) is 2. The zero-order valence-corrected chi connectivity index (χ0v) is 10.2. The van der Waals surface area contributed by atoms with Crippen LogP contribution in [-0.2, 0) is 9.73 Å². The number of aromatic hydroxyl groups is 1. The highest BCUT2D eigenvalue weighted by molar-refractivity contribution is 7.91. The molecule has 4 heteroatoms. The summed E-state index contributed by atoms with van der Waals surface area (Å²) in [5, 5.41) is 9.70. The van der Waals surface area contributed by atoms with E-state index in [-0.39, 0.29) is 5.75 Å². The van der Waals surface area contributed by atoms with E-state index in [2.05, 4.69) is 0 Å². The highest BCUT2D eigenvalue weighted by atomic mass is 32.2. The van der Waals surface area contributed by atoms with Crippen LogP contribution in [0, 0.1) is 4.78 Å². The molecule has 2 rings (SSSR count). The number of rotatable bonds is 2. The van der Waals surface area contributed by atoms with Crippen LogP contribution in [0.3, 0.4) is 0 Å². The molecule has 0 spiro atoms. The van der Waals surface area contributed by atoms with Gasteiger partial charge in [-0.25, -0.2) is 8.99 Å². The maximum atomic E-state index is 11.5. The van der Waals surface area contributed by atoms with Crippen molar-refractivity contribution in [3.05, 3.63) is 48.5 Å². The van der Waals surface area contributed by atoms with E-state index in [0.717, 1.165) is 11.1 Å². The third-order valence-electron chi connectivity index (χ3n) is 2.52. The van der Waals surface area contributed by atoms with E-state index in [4.69, 9.17) is 4.78 Å². The zero-order chi connectivity index (χ0) is 12.5. The van der Waals surface area contributed by atoms with Crippen molar-refractivity contribution >= 4 is 9.73 Å². The zero-order valence-electron chi connectivity index (χ0n) is 9.38. The van der Waals surface area contributed by atoms with Crippen LogP contribution in [0.2, 0.25) is 0 Å². The summed E-state index contributed by atoms with van der Waals surface area (Å²) in [4.78, 5) is 0.497. The number of phenolic OH excluding ortho intramolecular Hbond substituents is 1. The Balaban J connectivity index is 2.47. The highest BCUT2D eigenvalue weighted by Crippen LogP contribution is 2.29. The molecule has 0 saturated carbocycles. The van der Waals surface area contributed by atoms with Gasteiger partial charge in [-0.15, -0.1) is 0 Å². The molecular formula is C13H13NO2S. The summed E-state index contributed by atoms with van der Waals surface area (Å²) in [6, 6.07) is 13.9. The van der Waals surface area contributed by atoms with Crippen LogP contribution in [0.25, 0.3) is 11.1 Å². The van der Waals surface area contributed by atoms with Gasteiger partial charge in [0, 0.05) is 16.7 Å². The fourth-order valence-electron chi connectivity index (χ4n) is 1.61. The van der Waals surface area contributed by atoms with Crippen LogP contribution >= 0.6 is 0 Å². The largest absolute Gasteiger partial charge is 0.507 e. The van der Waals surface area contributed by atoms with Gasteiger partial charge < -0.3 is 5.11 Å². The standard InChI is InChI=1S/C13H13NO2S/c1-17(14,16)11-8-6-10(7-9-11)12-4-2-3-5-13(12)15/h2-9,14-15H,1H3. The minimum Gasteiger partial charge on any atom is -0.507 e. The molecule has 0 heterocycles. The molecule has 1 atom stereocenters. The fraction of sp³-hybridized carbons (Fsp3) is 0.0769. The first-order valence-electron chi connectivity index (χ1n) is 5.11. The fourth-order valence-corrected chi connectivity index (χ4v) is 2.27. The molecule has 0 aliphatic carbocycles. The topological polar surface area (TPSA) is 61.2 Å². The summed E-state index contributed by atoms with van der Waals surface area (Å²) in [6.07, 6.45) is 1.39. The lowest BCUT2D eigenvalue weighted by Crippen LogP contribution is -1.94. The first-order chi connectivity index (χ1) is 7.98. The molecule has 0 saturated heterocycles. The molecule has 1 unspecified atom stereocenters. The number of phenols is 1. The van der Waals surface area contributed by atoms with Gasteiger partial charge in [0.1, 0.15) is 5.75 Å². The quantitative estimate of drug-likeness (QED) is 0.856. The van der Waals surface area contributed by atoms with E-state index in [0.29, 0.717) is 4.90 Å². The third-order valence-corrected chi connectivity index (χ3v) is 3.69. The van der Waals surface area contributed by atoms with Gasteiger partial charge in [-0.1, -0.05) is 30.3 Å². The molecule has 0 aliphatic rings. The number of benzene rings is 2. The molecular weight excluding hydrogens is 234 g/mol. The second-order valence-electron chi connectivity index (χ2n) is 3.89. The normalized spacial score (nSPS) is 14.2.